The van der Waals surface area contributed by atoms with Crippen molar-refractivity contribution in [3.63, 3.8) is 0 Å². The lowest BCUT2D eigenvalue weighted by atomic mass is 9.92. The van der Waals surface area contributed by atoms with E-state index in [9.17, 15) is 4.79 Å². The monoisotopic (exact) mass is 471 g/mol. The maximum atomic E-state index is 12.8. The number of hydrogen-bond donors (Lipinski definition) is 2. The Morgan fingerprint density at radius 3 is 2.14 bits per heavy atom. The quantitative estimate of drug-likeness (QED) is 0.325. The summed E-state index contributed by atoms with van der Waals surface area (Å²) in [5.74, 6) is 2.69. The third-order valence-corrected chi connectivity index (χ3v) is 5.11. The average Bonchev–Trinajstić information content (AvgIpc) is 3.26. The summed E-state index contributed by atoms with van der Waals surface area (Å²) in [5, 5.41) is 10.5. The average molecular weight is 472 g/mol. The molecule has 2 aromatic carbocycles. The second-order valence-corrected chi connectivity index (χ2v) is 8.89. The normalized spacial score (nSPS) is 11.1. The van der Waals surface area contributed by atoms with Gasteiger partial charge < -0.3 is 14.8 Å². The van der Waals surface area contributed by atoms with Gasteiger partial charge in [-0.05, 0) is 67.6 Å². The van der Waals surface area contributed by atoms with E-state index in [2.05, 4.69) is 36.4 Å². The molecule has 0 fully saturated rings. The molecule has 8 nitrogen and oxygen atoms in total. The smallest absolute Gasteiger partial charge is 0.324 e. The van der Waals surface area contributed by atoms with Crippen LogP contribution in [0.1, 0.15) is 33.4 Å². The second kappa shape index (κ2) is 10.3. The van der Waals surface area contributed by atoms with Crippen LogP contribution in [0.15, 0.2) is 79.1 Å². The number of hydrogen-bond acceptors (Lipinski definition) is 5. The Balaban J connectivity index is 1.48. The zero-order valence-corrected chi connectivity index (χ0v) is 20.3. The Morgan fingerprint density at radius 2 is 1.51 bits per heavy atom. The first kappa shape index (κ1) is 23.8. The number of urea groups is 1. The molecule has 35 heavy (non-hydrogen) atoms. The molecule has 2 N–H and O–H groups in total. The number of nitrogens with zero attached hydrogens (tertiary/aromatic N) is 3. The number of aromatic nitrogens is 3. The van der Waals surface area contributed by atoms with Gasteiger partial charge >= 0.3 is 6.03 Å². The van der Waals surface area contributed by atoms with Gasteiger partial charge in [-0.3, -0.25) is 10.3 Å². The van der Waals surface area contributed by atoms with Gasteiger partial charge in [-0.15, -0.1) is 0 Å². The minimum Gasteiger partial charge on any atom is -0.494 e. The molecule has 0 saturated heterocycles. The molecule has 2 aromatic heterocycles. The summed E-state index contributed by atoms with van der Waals surface area (Å²) in [6.07, 6.45) is 3.33. The van der Waals surface area contributed by atoms with Crippen LogP contribution in [-0.2, 0) is 5.41 Å². The second-order valence-electron chi connectivity index (χ2n) is 8.89. The lowest BCUT2D eigenvalue weighted by molar-refractivity contribution is 0.262. The zero-order chi connectivity index (χ0) is 24.8. The van der Waals surface area contributed by atoms with Crippen LogP contribution in [-0.4, -0.2) is 27.4 Å². The Bertz CT molecular complexity index is 1260. The molecule has 0 unspecified atom stereocenters. The molecule has 4 rings (SSSR count). The molecule has 180 valence electrons. The van der Waals surface area contributed by atoms with Gasteiger partial charge in [0.2, 0.25) is 0 Å². The van der Waals surface area contributed by atoms with Crippen LogP contribution in [0.3, 0.4) is 0 Å². The van der Waals surface area contributed by atoms with E-state index in [0.717, 1.165) is 17.1 Å². The minimum absolute atomic E-state index is 0.186. The van der Waals surface area contributed by atoms with Gasteiger partial charge in [0, 0.05) is 29.6 Å². The number of rotatable bonds is 7. The predicted octanol–water partition coefficient (Wildman–Crippen LogP) is 6.40. The Kier molecular flexibility index (Phi) is 7.01. The molecule has 0 aliphatic carbocycles. The fraction of sp³-hybridized carbons (Fsp3) is 0.222. The fourth-order valence-corrected chi connectivity index (χ4v) is 3.31. The first-order valence-electron chi connectivity index (χ1n) is 11.4. The zero-order valence-electron chi connectivity index (χ0n) is 20.3. The van der Waals surface area contributed by atoms with Crippen molar-refractivity contribution >= 4 is 17.5 Å². The van der Waals surface area contributed by atoms with Crippen molar-refractivity contribution in [3.8, 4) is 22.9 Å². The lowest BCUT2D eigenvalue weighted by Gasteiger charge is -2.14. The summed E-state index contributed by atoms with van der Waals surface area (Å²) in [4.78, 5) is 16.8. The maximum Gasteiger partial charge on any atom is 0.324 e. The third-order valence-electron chi connectivity index (χ3n) is 5.11. The van der Waals surface area contributed by atoms with Crippen LogP contribution >= 0.6 is 0 Å². The summed E-state index contributed by atoms with van der Waals surface area (Å²) in [6.45, 7) is 8.78. The highest BCUT2D eigenvalue weighted by atomic mass is 16.5. The molecule has 0 spiro atoms. The highest BCUT2D eigenvalue weighted by Crippen LogP contribution is 2.27. The number of benzene rings is 2. The van der Waals surface area contributed by atoms with E-state index in [1.54, 1.807) is 53.5 Å². The Labute approximate surface area is 204 Å². The van der Waals surface area contributed by atoms with Crippen LogP contribution in [0.5, 0.6) is 17.2 Å². The molecule has 8 heteroatoms. The van der Waals surface area contributed by atoms with E-state index in [4.69, 9.17) is 14.6 Å². The molecule has 0 aliphatic heterocycles. The Hall–Kier alpha value is -4.33. The van der Waals surface area contributed by atoms with Gasteiger partial charge in [0.05, 0.1) is 18.0 Å². The highest BCUT2D eigenvalue weighted by Gasteiger charge is 2.21. The molecule has 0 bridgehead atoms. The van der Waals surface area contributed by atoms with E-state index >= 15 is 0 Å². The summed E-state index contributed by atoms with van der Waals surface area (Å²) in [7, 11) is 0. The van der Waals surface area contributed by atoms with Crippen molar-refractivity contribution < 1.29 is 14.3 Å². The Morgan fingerprint density at radius 1 is 0.886 bits per heavy atom. The van der Waals surface area contributed by atoms with Crippen molar-refractivity contribution in [1.29, 1.82) is 0 Å². The van der Waals surface area contributed by atoms with Crippen molar-refractivity contribution in [2.75, 3.05) is 17.2 Å². The SMILES string of the molecule is CCOc1ccc(-n2nc(C(C)(C)C)cc2NC(=O)Nc2ccc(Oc3ccncc3)cc2)cc1. The molecule has 0 aliphatic rings. The van der Waals surface area contributed by atoms with Crippen LogP contribution in [0, 0.1) is 0 Å². The van der Waals surface area contributed by atoms with Gasteiger partial charge in [-0.1, -0.05) is 20.8 Å². The highest BCUT2D eigenvalue weighted by molar-refractivity contribution is 5.99. The standard InChI is InChI=1S/C27H29N5O3/c1-5-34-21-12-8-20(9-13-21)32-25(18-24(31-32)27(2,3)4)30-26(33)29-19-6-10-22(11-7-19)35-23-14-16-28-17-15-23/h6-18H,5H2,1-4H3,(H2,29,30,33). The summed E-state index contributed by atoms with van der Waals surface area (Å²) in [6, 6.07) is 19.8. The molecular weight excluding hydrogens is 442 g/mol. The number of carbonyl (C=O) groups is 1. The number of nitrogens with one attached hydrogen (secondary N) is 2. The van der Waals surface area contributed by atoms with Crippen LogP contribution in [0.2, 0.25) is 0 Å². The van der Waals surface area contributed by atoms with Crippen LogP contribution in [0.25, 0.3) is 5.69 Å². The fourth-order valence-electron chi connectivity index (χ4n) is 3.31. The molecule has 2 amide bonds. The third kappa shape index (κ3) is 6.17. The summed E-state index contributed by atoms with van der Waals surface area (Å²) >= 11 is 0. The molecule has 0 atom stereocenters. The van der Waals surface area contributed by atoms with E-state index in [1.807, 2.05) is 37.3 Å². The van der Waals surface area contributed by atoms with Crippen LogP contribution < -0.4 is 20.1 Å². The van der Waals surface area contributed by atoms with Gasteiger partial charge in [0.1, 0.15) is 23.1 Å². The van der Waals surface area contributed by atoms with Gasteiger partial charge in [-0.2, -0.15) is 5.10 Å². The number of pyridine rings is 1. The van der Waals surface area contributed by atoms with Crippen molar-refractivity contribution in [1.82, 2.24) is 14.8 Å². The van der Waals surface area contributed by atoms with E-state index in [0.29, 0.717) is 29.6 Å². The molecular formula is C27H29N5O3. The molecule has 0 saturated carbocycles. The van der Waals surface area contributed by atoms with Crippen molar-refractivity contribution in [2.24, 2.45) is 0 Å². The van der Waals surface area contributed by atoms with E-state index in [1.165, 1.54) is 0 Å². The van der Waals surface area contributed by atoms with E-state index in [-0.39, 0.29) is 11.4 Å². The number of amides is 2. The maximum absolute atomic E-state index is 12.8. The number of anilines is 2. The van der Waals surface area contributed by atoms with Crippen molar-refractivity contribution in [2.45, 2.75) is 33.1 Å². The topological polar surface area (TPSA) is 90.3 Å². The predicted molar refractivity (Wildman–Crippen MR) is 137 cm³/mol. The first-order chi connectivity index (χ1) is 16.8. The summed E-state index contributed by atoms with van der Waals surface area (Å²) in [5.41, 5.74) is 2.12. The van der Waals surface area contributed by atoms with Gasteiger partial charge in [-0.25, -0.2) is 9.48 Å². The molecule has 0 radical (unpaired) electrons. The van der Waals surface area contributed by atoms with E-state index < -0.39 is 0 Å². The van der Waals surface area contributed by atoms with Gasteiger partial charge in [0.15, 0.2) is 0 Å². The number of ether oxygens (including phenoxy) is 2. The molecule has 2 heterocycles. The summed E-state index contributed by atoms with van der Waals surface area (Å²) < 4.78 is 13.0. The largest absolute Gasteiger partial charge is 0.494 e. The van der Waals surface area contributed by atoms with Gasteiger partial charge in [0.25, 0.3) is 0 Å². The minimum atomic E-state index is -0.375. The van der Waals surface area contributed by atoms with Crippen LogP contribution in [0.4, 0.5) is 16.3 Å². The van der Waals surface area contributed by atoms with Crippen molar-refractivity contribution in [3.05, 3.63) is 84.8 Å². The molecule has 4 aromatic rings. The number of carbonyl (C=O) groups excluding carboxylic acids is 1. The first-order valence-corrected chi connectivity index (χ1v) is 11.4. The lowest BCUT2D eigenvalue weighted by Crippen LogP contribution is -2.21.